The zero-order valence-electron chi connectivity index (χ0n) is 10.9. The number of aryl methyl sites for hydroxylation is 2. The van der Waals surface area contributed by atoms with E-state index in [9.17, 15) is 4.79 Å². The molecule has 5 heteroatoms. The molecule has 1 N–H and O–H groups in total. The van der Waals surface area contributed by atoms with E-state index in [0.29, 0.717) is 31.1 Å². The monoisotopic (exact) mass is 247 g/mol. The molecule has 18 heavy (non-hydrogen) atoms. The predicted molar refractivity (Wildman–Crippen MR) is 64.3 cm³/mol. The minimum atomic E-state index is -0.821. The van der Waals surface area contributed by atoms with E-state index in [1.165, 1.54) is 0 Å². The topological polar surface area (TPSA) is 78.9 Å². The minimum absolute atomic E-state index is 0.178. The van der Waals surface area contributed by atoms with Crippen LogP contribution in [0.15, 0.2) is 4.52 Å². The summed E-state index contributed by atoms with van der Waals surface area (Å²) in [4.78, 5) is 12.1. The Morgan fingerprint density at radius 1 is 1.61 bits per heavy atom. The average Bonchev–Trinajstić information content (AvgIpc) is 2.62. The van der Waals surface area contributed by atoms with Gasteiger partial charge in [-0.2, -0.15) is 5.26 Å². The van der Waals surface area contributed by atoms with Gasteiger partial charge in [0.05, 0.1) is 11.8 Å². The van der Waals surface area contributed by atoms with E-state index in [2.05, 4.69) is 23.5 Å². The Morgan fingerprint density at radius 3 is 2.72 bits per heavy atom. The van der Waals surface area contributed by atoms with Crippen molar-refractivity contribution in [3.05, 3.63) is 17.0 Å². The molecule has 1 heterocycles. The van der Waals surface area contributed by atoms with Crippen molar-refractivity contribution in [3.8, 4) is 6.07 Å². The predicted octanol–water partition coefficient (Wildman–Crippen LogP) is 1.85. The molecule has 0 radical (unpaired) electrons. The van der Waals surface area contributed by atoms with Gasteiger partial charge in [-0.05, 0) is 32.6 Å². The third kappa shape index (κ3) is 1.99. The molecule has 1 aliphatic rings. The second kappa shape index (κ2) is 4.45. The van der Waals surface area contributed by atoms with Crippen LogP contribution in [0.1, 0.15) is 36.8 Å². The van der Waals surface area contributed by atoms with Crippen LogP contribution in [0.3, 0.4) is 0 Å². The van der Waals surface area contributed by atoms with E-state index < -0.39 is 5.41 Å². The Balaban J connectivity index is 1.99. The van der Waals surface area contributed by atoms with Crippen LogP contribution in [-0.2, 0) is 11.3 Å². The third-order valence-electron chi connectivity index (χ3n) is 3.65. The summed E-state index contributed by atoms with van der Waals surface area (Å²) < 4.78 is 5.03. The Labute approximate surface area is 106 Å². The number of amides is 1. The molecule has 1 aromatic heterocycles. The molecule has 0 atom stereocenters. The first kappa shape index (κ1) is 12.6. The highest BCUT2D eigenvalue weighted by Crippen LogP contribution is 2.45. The zero-order chi connectivity index (χ0) is 13.3. The van der Waals surface area contributed by atoms with Crippen LogP contribution in [0.25, 0.3) is 0 Å². The molecule has 0 bridgehead atoms. The van der Waals surface area contributed by atoms with E-state index in [4.69, 9.17) is 9.78 Å². The number of nitriles is 1. The maximum Gasteiger partial charge on any atom is 0.240 e. The molecule has 1 fully saturated rings. The molecule has 0 spiro atoms. The molecule has 0 aliphatic heterocycles. The van der Waals surface area contributed by atoms with Gasteiger partial charge in [0, 0.05) is 12.1 Å². The van der Waals surface area contributed by atoms with Gasteiger partial charge in [0.2, 0.25) is 5.91 Å². The molecule has 1 aliphatic carbocycles. The van der Waals surface area contributed by atoms with Crippen molar-refractivity contribution in [2.45, 2.75) is 40.2 Å². The molecule has 1 aromatic rings. The zero-order valence-corrected chi connectivity index (χ0v) is 10.9. The SMILES string of the molecule is Cc1noc(C)c1CNC(=O)C1(C#N)CC(C)C1. The lowest BCUT2D eigenvalue weighted by atomic mass is 9.63. The van der Waals surface area contributed by atoms with E-state index in [1.54, 1.807) is 0 Å². The molecule has 1 saturated carbocycles. The summed E-state index contributed by atoms with van der Waals surface area (Å²) in [7, 11) is 0. The number of aromatic nitrogens is 1. The highest BCUT2D eigenvalue weighted by atomic mass is 16.5. The molecule has 96 valence electrons. The van der Waals surface area contributed by atoms with Gasteiger partial charge in [0.25, 0.3) is 0 Å². The smallest absolute Gasteiger partial charge is 0.240 e. The van der Waals surface area contributed by atoms with Gasteiger partial charge >= 0.3 is 0 Å². The lowest BCUT2D eigenvalue weighted by molar-refractivity contribution is -0.134. The molecule has 0 unspecified atom stereocenters. The van der Waals surface area contributed by atoms with Crippen molar-refractivity contribution >= 4 is 5.91 Å². The maximum absolute atomic E-state index is 12.1. The summed E-state index contributed by atoms with van der Waals surface area (Å²) >= 11 is 0. The quantitative estimate of drug-likeness (QED) is 0.884. The summed E-state index contributed by atoms with van der Waals surface area (Å²) in [5.74, 6) is 0.985. The van der Waals surface area contributed by atoms with Gasteiger partial charge in [-0.25, -0.2) is 0 Å². The van der Waals surface area contributed by atoms with E-state index >= 15 is 0 Å². The Hall–Kier alpha value is -1.83. The lowest BCUT2D eigenvalue weighted by Gasteiger charge is -2.39. The Kier molecular flexibility index (Phi) is 3.12. The van der Waals surface area contributed by atoms with Crippen LogP contribution in [0.5, 0.6) is 0 Å². The molecule has 0 saturated heterocycles. The third-order valence-corrected chi connectivity index (χ3v) is 3.65. The van der Waals surface area contributed by atoms with Gasteiger partial charge in [-0.1, -0.05) is 12.1 Å². The van der Waals surface area contributed by atoms with Crippen LogP contribution in [0.4, 0.5) is 0 Å². The fraction of sp³-hybridized carbons (Fsp3) is 0.615. The highest BCUT2D eigenvalue weighted by Gasteiger charge is 2.48. The van der Waals surface area contributed by atoms with Crippen molar-refractivity contribution in [3.63, 3.8) is 0 Å². The number of carbonyl (C=O) groups is 1. The van der Waals surface area contributed by atoms with Gasteiger partial charge in [-0.3, -0.25) is 4.79 Å². The maximum atomic E-state index is 12.1. The molecule has 0 aromatic carbocycles. The lowest BCUT2D eigenvalue weighted by Crippen LogP contribution is -2.47. The van der Waals surface area contributed by atoms with Gasteiger partial charge < -0.3 is 9.84 Å². The molecule has 1 amide bonds. The van der Waals surface area contributed by atoms with Gasteiger partial charge in [0.15, 0.2) is 0 Å². The standard InChI is InChI=1S/C13H17N3O2/c1-8-4-13(5-8,7-14)12(17)15-6-11-9(2)16-18-10(11)3/h8H,4-6H2,1-3H3,(H,15,17). The molecular formula is C13H17N3O2. The fourth-order valence-corrected chi connectivity index (χ4v) is 2.55. The summed E-state index contributed by atoms with van der Waals surface area (Å²) in [6.45, 7) is 6.07. The van der Waals surface area contributed by atoms with Crippen LogP contribution >= 0.6 is 0 Å². The number of carbonyl (C=O) groups excluding carboxylic acids is 1. The summed E-state index contributed by atoms with van der Waals surface area (Å²) in [5.41, 5.74) is 0.850. The van der Waals surface area contributed by atoms with Crippen LogP contribution in [-0.4, -0.2) is 11.1 Å². The van der Waals surface area contributed by atoms with Crippen molar-refractivity contribution < 1.29 is 9.32 Å². The highest BCUT2D eigenvalue weighted by molar-refractivity contribution is 5.86. The number of nitrogens with zero attached hydrogens (tertiary/aromatic N) is 2. The van der Waals surface area contributed by atoms with Crippen molar-refractivity contribution in [2.24, 2.45) is 11.3 Å². The van der Waals surface area contributed by atoms with E-state index in [0.717, 1.165) is 11.3 Å². The number of rotatable bonds is 3. The van der Waals surface area contributed by atoms with Crippen LogP contribution in [0.2, 0.25) is 0 Å². The Morgan fingerprint density at radius 2 is 2.28 bits per heavy atom. The first-order valence-corrected chi connectivity index (χ1v) is 6.10. The second-order valence-electron chi connectivity index (χ2n) is 5.19. The van der Waals surface area contributed by atoms with Crippen LogP contribution in [0, 0.1) is 36.5 Å². The normalized spacial score (nSPS) is 26.2. The number of nitrogens with one attached hydrogen (secondary N) is 1. The average molecular weight is 247 g/mol. The minimum Gasteiger partial charge on any atom is -0.361 e. The van der Waals surface area contributed by atoms with Gasteiger partial charge in [-0.15, -0.1) is 0 Å². The first-order valence-electron chi connectivity index (χ1n) is 6.10. The van der Waals surface area contributed by atoms with Crippen molar-refractivity contribution in [1.29, 1.82) is 5.26 Å². The molecular weight excluding hydrogens is 230 g/mol. The summed E-state index contributed by atoms with van der Waals surface area (Å²) in [6.07, 6.45) is 1.30. The number of hydrogen-bond acceptors (Lipinski definition) is 4. The molecule has 5 nitrogen and oxygen atoms in total. The summed E-state index contributed by atoms with van der Waals surface area (Å²) in [6, 6.07) is 2.15. The van der Waals surface area contributed by atoms with Gasteiger partial charge in [0.1, 0.15) is 11.2 Å². The largest absolute Gasteiger partial charge is 0.361 e. The van der Waals surface area contributed by atoms with Crippen molar-refractivity contribution in [1.82, 2.24) is 10.5 Å². The second-order valence-corrected chi connectivity index (χ2v) is 5.19. The summed E-state index contributed by atoms with van der Waals surface area (Å²) in [5, 5.41) is 15.8. The molecule has 2 rings (SSSR count). The van der Waals surface area contributed by atoms with Crippen molar-refractivity contribution in [2.75, 3.05) is 0 Å². The van der Waals surface area contributed by atoms with E-state index in [-0.39, 0.29) is 5.91 Å². The van der Waals surface area contributed by atoms with E-state index in [1.807, 2.05) is 13.8 Å². The Bertz CT molecular complexity index is 487. The van der Waals surface area contributed by atoms with Crippen LogP contribution < -0.4 is 5.32 Å². The number of hydrogen-bond donors (Lipinski definition) is 1. The fourth-order valence-electron chi connectivity index (χ4n) is 2.55. The first-order chi connectivity index (χ1) is 8.48.